The Balaban J connectivity index is 1.72. The highest BCUT2D eigenvalue weighted by Gasteiger charge is 2.18. The molecular formula is C23H27BrN2O3. The topological polar surface area (TPSA) is 67.4 Å². The minimum absolute atomic E-state index is 0.0467. The molecule has 2 amide bonds. The Morgan fingerprint density at radius 1 is 1.03 bits per heavy atom. The quantitative estimate of drug-likeness (QED) is 0.595. The first-order valence-corrected chi connectivity index (χ1v) is 10.9. The Kier molecular flexibility index (Phi) is 7.31. The number of hydrogen-bond acceptors (Lipinski definition) is 3. The van der Waals surface area contributed by atoms with Crippen molar-refractivity contribution in [3.05, 3.63) is 58.1 Å². The minimum Gasteiger partial charge on any atom is -0.490 e. The predicted molar refractivity (Wildman–Crippen MR) is 119 cm³/mol. The van der Waals surface area contributed by atoms with Gasteiger partial charge in [0.15, 0.2) is 0 Å². The maximum absolute atomic E-state index is 12.9. The van der Waals surface area contributed by atoms with Gasteiger partial charge in [0.05, 0.1) is 11.7 Å². The van der Waals surface area contributed by atoms with Crippen molar-refractivity contribution < 1.29 is 14.3 Å². The van der Waals surface area contributed by atoms with Gasteiger partial charge in [0.1, 0.15) is 5.75 Å². The predicted octanol–water partition coefficient (Wildman–Crippen LogP) is 5.55. The third-order valence-electron chi connectivity index (χ3n) is 4.87. The van der Waals surface area contributed by atoms with E-state index in [1.807, 2.05) is 19.9 Å². The Bertz CT molecular complexity index is 876. The van der Waals surface area contributed by atoms with Gasteiger partial charge in [0.25, 0.3) is 11.8 Å². The van der Waals surface area contributed by atoms with E-state index in [4.69, 9.17) is 4.74 Å². The zero-order valence-corrected chi connectivity index (χ0v) is 18.4. The molecule has 0 aliphatic heterocycles. The highest BCUT2D eigenvalue weighted by Crippen LogP contribution is 2.26. The molecule has 1 aliphatic rings. The van der Waals surface area contributed by atoms with E-state index in [0.29, 0.717) is 22.6 Å². The van der Waals surface area contributed by atoms with Crippen molar-refractivity contribution in [2.75, 3.05) is 5.32 Å². The van der Waals surface area contributed by atoms with Crippen LogP contribution in [0.4, 0.5) is 5.69 Å². The number of rotatable bonds is 6. The molecule has 0 atom stereocenters. The van der Waals surface area contributed by atoms with Gasteiger partial charge in [-0.1, -0.05) is 41.3 Å². The van der Waals surface area contributed by atoms with E-state index in [-0.39, 0.29) is 24.0 Å². The lowest BCUT2D eigenvalue weighted by Crippen LogP contribution is -2.36. The van der Waals surface area contributed by atoms with Crippen molar-refractivity contribution in [3.63, 3.8) is 0 Å². The SMILES string of the molecule is CC(C)Oc1ccc(Br)cc1C(=O)Nc1cccc(C(=O)NC2CCCCC2)c1. The van der Waals surface area contributed by atoms with E-state index in [9.17, 15) is 9.59 Å². The summed E-state index contributed by atoms with van der Waals surface area (Å²) in [7, 11) is 0. The minimum atomic E-state index is -0.285. The van der Waals surface area contributed by atoms with Gasteiger partial charge < -0.3 is 15.4 Å². The van der Waals surface area contributed by atoms with Crippen LogP contribution < -0.4 is 15.4 Å². The average molecular weight is 459 g/mol. The molecule has 0 heterocycles. The highest BCUT2D eigenvalue weighted by atomic mass is 79.9. The van der Waals surface area contributed by atoms with Crippen molar-refractivity contribution in [1.82, 2.24) is 5.32 Å². The maximum atomic E-state index is 12.9. The van der Waals surface area contributed by atoms with Crippen LogP contribution >= 0.6 is 15.9 Å². The molecule has 0 saturated heterocycles. The molecule has 2 aromatic carbocycles. The molecule has 1 saturated carbocycles. The van der Waals surface area contributed by atoms with Gasteiger partial charge in [0, 0.05) is 21.8 Å². The van der Waals surface area contributed by atoms with Crippen molar-refractivity contribution in [2.24, 2.45) is 0 Å². The molecule has 0 spiro atoms. The first-order chi connectivity index (χ1) is 13.9. The van der Waals surface area contributed by atoms with Crippen LogP contribution in [-0.2, 0) is 0 Å². The van der Waals surface area contributed by atoms with E-state index in [2.05, 4.69) is 26.6 Å². The second-order valence-electron chi connectivity index (χ2n) is 7.65. The van der Waals surface area contributed by atoms with E-state index >= 15 is 0 Å². The molecule has 3 rings (SSSR count). The summed E-state index contributed by atoms with van der Waals surface area (Å²) in [5, 5.41) is 5.99. The fourth-order valence-electron chi connectivity index (χ4n) is 3.49. The first kappa shape index (κ1) is 21.4. The number of benzene rings is 2. The van der Waals surface area contributed by atoms with Crippen molar-refractivity contribution >= 4 is 33.4 Å². The van der Waals surface area contributed by atoms with E-state index in [1.54, 1.807) is 36.4 Å². The number of halogens is 1. The third kappa shape index (κ3) is 6.07. The Labute approximate surface area is 180 Å². The van der Waals surface area contributed by atoms with Gasteiger partial charge >= 0.3 is 0 Å². The van der Waals surface area contributed by atoms with Crippen molar-refractivity contribution in [2.45, 2.75) is 58.1 Å². The summed E-state index contributed by atoms with van der Waals surface area (Å²) in [4.78, 5) is 25.4. The number of anilines is 1. The molecule has 29 heavy (non-hydrogen) atoms. The van der Waals surface area contributed by atoms with Crippen LogP contribution in [-0.4, -0.2) is 24.0 Å². The molecule has 5 nitrogen and oxygen atoms in total. The molecule has 1 aliphatic carbocycles. The van der Waals surface area contributed by atoms with Gasteiger partial charge in [-0.3, -0.25) is 9.59 Å². The zero-order valence-electron chi connectivity index (χ0n) is 16.8. The average Bonchev–Trinajstić information content (AvgIpc) is 2.70. The van der Waals surface area contributed by atoms with Crippen molar-refractivity contribution in [3.8, 4) is 5.75 Å². The molecule has 6 heteroatoms. The summed E-state index contributed by atoms with van der Waals surface area (Å²) < 4.78 is 6.55. The summed E-state index contributed by atoms with van der Waals surface area (Å²) in [6.45, 7) is 3.83. The van der Waals surface area contributed by atoms with Gasteiger partial charge in [-0.2, -0.15) is 0 Å². The smallest absolute Gasteiger partial charge is 0.259 e. The number of hydrogen-bond donors (Lipinski definition) is 2. The lowest BCUT2D eigenvalue weighted by Gasteiger charge is -2.22. The number of amides is 2. The Morgan fingerprint density at radius 2 is 1.79 bits per heavy atom. The molecule has 0 radical (unpaired) electrons. The van der Waals surface area contributed by atoms with E-state index < -0.39 is 0 Å². The van der Waals surface area contributed by atoms with Crippen LogP contribution in [0.3, 0.4) is 0 Å². The highest BCUT2D eigenvalue weighted by molar-refractivity contribution is 9.10. The lowest BCUT2D eigenvalue weighted by atomic mass is 9.95. The lowest BCUT2D eigenvalue weighted by molar-refractivity contribution is 0.0926. The molecule has 0 bridgehead atoms. The fraction of sp³-hybridized carbons (Fsp3) is 0.391. The van der Waals surface area contributed by atoms with Crippen LogP contribution in [0.1, 0.15) is 66.7 Å². The Morgan fingerprint density at radius 3 is 2.52 bits per heavy atom. The molecule has 2 aromatic rings. The molecule has 1 fully saturated rings. The van der Waals surface area contributed by atoms with Crippen molar-refractivity contribution in [1.29, 1.82) is 0 Å². The maximum Gasteiger partial charge on any atom is 0.259 e. The second kappa shape index (κ2) is 9.92. The van der Waals surface area contributed by atoms with Gasteiger partial charge in [0.2, 0.25) is 0 Å². The van der Waals surface area contributed by atoms with Crippen LogP contribution in [0.15, 0.2) is 46.9 Å². The standard InChI is InChI=1S/C23H27BrN2O3/c1-15(2)29-21-12-11-17(24)14-20(21)23(28)26-19-10-6-7-16(13-19)22(27)25-18-8-4-3-5-9-18/h6-7,10-15,18H,3-5,8-9H2,1-2H3,(H,25,27)(H,26,28). The third-order valence-corrected chi connectivity index (χ3v) is 5.37. The number of ether oxygens (including phenoxy) is 1. The number of carbonyl (C=O) groups is 2. The summed E-state index contributed by atoms with van der Waals surface area (Å²) in [5.74, 6) is 0.137. The molecule has 0 unspecified atom stereocenters. The first-order valence-electron chi connectivity index (χ1n) is 10.1. The monoisotopic (exact) mass is 458 g/mol. The van der Waals surface area contributed by atoms with E-state index in [1.165, 1.54) is 6.42 Å². The zero-order chi connectivity index (χ0) is 20.8. The summed E-state index contributed by atoms with van der Waals surface area (Å²) in [6.07, 6.45) is 5.58. The fourth-order valence-corrected chi connectivity index (χ4v) is 3.85. The molecule has 0 aromatic heterocycles. The second-order valence-corrected chi connectivity index (χ2v) is 8.57. The van der Waals surface area contributed by atoms with Gasteiger partial charge in [-0.25, -0.2) is 0 Å². The van der Waals surface area contributed by atoms with Crippen LogP contribution in [0.5, 0.6) is 5.75 Å². The van der Waals surface area contributed by atoms with Gasteiger partial charge in [-0.15, -0.1) is 0 Å². The summed E-state index contributed by atoms with van der Waals surface area (Å²) in [6, 6.07) is 12.6. The molecule has 154 valence electrons. The summed E-state index contributed by atoms with van der Waals surface area (Å²) >= 11 is 3.41. The number of nitrogens with one attached hydrogen (secondary N) is 2. The molecule has 2 N–H and O–H groups in total. The summed E-state index contributed by atoms with van der Waals surface area (Å²) in [5.41, 5.74) is 1.55. The van der Waals surface area contributed by atoms with Crippen LogP contribution in [0.25, 0.3) is 0 Å². The number of carbonyl (C=O) groups excluding carboxylic acids is 2. The van der Waals surface area contributed by atoms with E-state index in [0.717, 1.165) is 30.2 Å². The largest absolute Gasteiger partial charge is 0.490 e. The van der Waals surface area contributed by atoms with Gasteiger partial charge in [-0.05, 0) is 63.1 Å². The van der Waals surface area contributed by atoms with Crippen LogP contribution in [0, 0.1) is 0 Å². The Hall–Kier alpha value is -2.34. The van der Waals surface area contributed by atoms with Crippen LogP contribution in [0.2, 0.25) is 0 Å². The molecular weight excluding hydrogens is 432 g/mol. The normalized spacial score (nSPS) is 14.5.